The van der Waals surface area contributed by atoms with Crippen molar-refractivity contribution in [3.8, 4) is 11.5 Å². The van der Waals surface area contributed by atoms with Crippen molar-refractivity contribution in [3.63, 3.8) is 0 Å². The van der Waals surface area contributed by atoms with Gasteiger partial charge in [-0.1, -0.05) is 64.5 Å². The fourth-order valence-corrected chi connectivity index (χ4v) is 4.32. The molecule has 4 aromatic rings. The molecule has 0 saturated heterocycles. The van der Waals surface area contributed by atoms with Gasteiger partial charge in [0.25, 0.3) is 5.97 Å². The van der Waals surface area contributed by atoms with Crippen LogP contribution < -0.4 is 25.8 Å². The number of carbonyl (C=O) groups is 2. The molecule has 6 N–H and O–H groups in total. The van der Waals surface area contributed by atoms with E-state index in [1.165, 1.54) is 0 Å². The Bertz CT molecular complexity index is 1490. The highest BCUT2D eigenvalue weighted by Crippen LogP contribution is 2.32. The minimum absolute atomic E-state index is 0.0168. The van der Waals surface area contributed by atoms with Crippen LogP contribution >= 0.6 is 15.9 Å². The highest BCUT2D eigenvalue weighted by molar-refractivity contribution is 9.10. The second-order valence-electron chi connectivity index (χ2n) is 9.12. The van der Waals surface area contributed by atoms with Crippen molar-refractivity contribution in [2.45, 2.75) is 26.1 Å². The Morgan fingerprint density at radius 1 is 0.929 bits per heavy atom. The summed E-state index contributed by atoms with van der Waals surface area (Å²) in [4.78, 5) is 22.4. The van der Waals surface area contributed by atoms with Gasteiger partial charge in [0, 0.05) is 29.2 Å². The summed E-state index contributed by atoms with van der Waals surface area (Å²) in [5.41, 5.74) is 9.62. The van der Waals surface area contributed by atoms with E-state index >= 15 is 0 Å². The molecule has 0 spiro atoms. The highest BCUT2D eigenvalue weighted by Gasteiger charge is 2.22. The number of amides is 1. The Morgan fingerprint density at radius 3 is 2.21 bits per heavy atom. The van der Waals surface area contributed by atoms with Crippen LogP contribution in [0.5, 0.6) is 11.5 Å². The lowest BCUT2D eigenvalue weighted by Gasteiger charge is -2.22. The number of carboxylic acids is 1. The van der Waals surface area contributed by atoms with Gasteiger partial charge in [-0.3, -0.25) is 15.0 Å². The normalized spacial score (nSPS) is 10.8. The molecule has 0 saturated carbocycles. The number of benzene rings is 4. The van der Waals surface area contributed by atoms with E-state index in [9.17, 15) is 4.79 Å². The number of methoxy groups -OCH3 is 1. The number of nitrogens with one attached hydrogen (secondary N) is 3. The standard InChI is InChI=1S/C30H29BrN4O3.C2H4O2/c1-37-27-17-23(12-15-26(27)38-19-21-8-5-9-24(31)16-21)28(30(36)34-18-20-6-3-2-4-7-20)35-25-13-10-22(11-14-25)29(32)33;1-2(3)4/h2-17,28,35H,18-19H2,1H3,(H3,32,33)(H,34,36);1H3,(H,3,4). The molecule has 1 amide bonds. The monoisotopic (exact) mass is 632 g/mol. The van der Waals surface area contributed by atoms with Crippen molar-refractivity contribution in [2.75, 3.05) is 12.4 Å². The van der Waals surface area contributed by atoms with Crippen LogP contribution in [0.25, 0.3) is 0 Å². The molecule has 9 nitrogen and oxygen atoms in total. The van der Waals surface area contributed by atoms with Crippen LogP contribution in [-0.2, 0) is 22.7 Å². The number of carboxylic acid groups (broad SMARTS) is 1. The SMILES string of the molecule is CC(=O)O.COc1cc(C(Nc2ccc(C(=N)N)cc2)C(=O)NCc2ccccc2)ccc1OCc1cccc(Br)c1. The second-order valence-corrected chi connectivity index (χ2v) is 10.0. The summed E-state index contributed by atoms with van der Waals surface area (Å²) in [5.74, 6) is 0.0452. The average molecular weight is 634 g/mol. The number of anilines is 1. The van der Waals surface area contributed by atoms with Crippen LogP contribution in [0.4, 0.5) is 5.69 Å². The van der Waals surface area contributed by atoms with Crippen molar-refractivity contribution in [3.05, 3.63) is 124 Å². The Morgan fingerprint density at radius 2 is 1.60 bits per heavy atom. The van der Waals surface area contributed by atoms with E-state index in [2.05, 4.69) is 26.6 Å². The van der Waals surface area contributed by atoms with Crippen molar-refractivity contribution in [1.29, 1.82) is 5.41 Å². The largest absolute Gasteiger partial charge is 0.493 e. The summed E-state index contributed by atoms with van der Waals surface area (Å²) in [7, 11) is 1.57. The first-order valence-corrected chi connectivity index (χ1v) is 13.7. The molecular formula is C32H33BrN4O5. The van der Waals surface area contributed by atoms with Crippen LogP contribution in [0, 0.1) is 5.41 Å². The fourth-order valence-electron chi connectivity index (χ4n) is 3.87. The molecule has 0 bridgehead atoms. The molecule has 0 fully saturated rings. The third kappa shape index (κ3) is 9.97. The lowest BCUT2D eigenvalue weighted by atomic mass is 10.0. The first-order chi connectivity index (χ1) is 20.2. The number of nitrogens with two attached hydrogens (primary N) is 1. The maximum absolute atomic E-state index is 13.4. The summed E-state index contributed by atoms with van der Waals surface area (Å²) in [6, 6.07) is 29.4. The molecule has 4 aromatic carbocycles. The molecule has 10 heteroatoms. The minimum Gasteiger partial charge on any atom is -0.493 e. The van der Waals surface area contributed by atoms with Gasteiger partial charge in [0.2, 0.25) is 5.91 Å². The highest BCUT2D eigenvalue weighted by atomic mass is 79.9. The van der Waals surface area contributed by atoms with Gasteiger partial charge in [-0.2, -0.15) is 0 Å². The molecule has 218 valence electrons. The summed E-state index contributed by atoms with van der Waals surface area (Å²) in [5, 5.41) is 21.4. The number of ether oxygens (including phenoxy) is 2. The molecule has 42 heavy (non-hydrogen) atoms. The molecule has 1 atom stereocenters. The number of aliphatic carboxylic acids is 1. The predicted molar refractivity (Wildman–Crippen MR) is 167 cm³/mol. The molecule has 0 radical (unpaired) electrons. The maximum atomic E-state index is 13.4. The van der Waals surface area contributed by atoms with Gasteiger partial charge in [-0.25, -0.2) is 0 Å². The number of amidine groups is 1. The molecular weight excluding hydrogens is 600 g/mol. The third-order valence-corrected chi connectivity index (χ3v) is 6.38. The molecule has 0 heterocycles. The first-order valence-electron chi connectivity index (χ1n) is 12.9. The quantitative estimate of drug-likeness (QED) is 0.102. The van der Waals surface area contributed by atoms with Gasteiger partial charge in [-0.15, -0.1) is 0 Å². The first kappa shape index (κ1) is 31.7. The summed E-state index contributed by atoms with van der Waals surface area (Å²) >= 11 is 3.48. The Labute approximate surface area is 253 Å². The molecule has 0 aliphatic carbocycles. The number of hydrogen-bond donors (Lipinski definition) is 5. The van der Waals surface area contributed by atoms with Gasteiger partial charge in [0.15, 0.2) is 11.5 Å². The zero-order valence-electron chi connectivity index (χ0n) is 23.3. The van der Waals surface area contributed by atoms with Crippen LogP contribution in [0.3, 0.4) is 0 Å². The number of halogens is 1. The molecule has 0 aliphatic rings. The van der Waals surface area contributed by atoms with E-state index in [1.807, 2.05) is 66.7 Å². The van der Waals surface area contributed by atoms with Gasteiger partial charge < -0.3 is 30.9 Å². The number of hydrogen-bond acceptors (Lipinski definition) is 6. The van der Waals surface area contributed by atoms with Crippen molar-refractivity contribution in [2.24, 2.45) is 5.73 Å². The van der Waals surface area contributed by atoms with Gasteiger partial charge >= 0.3 is 0 Å². The summed E-state index contributed by atoms with van der Waals surface area (Å²) < 4.78 is 12.6. The van der Waals surface area contributed by atoms with Gasteiger partial charge in [-0.05, 0) is 65.2 Å². The lowest BCUT2D eigenvalue weighted by molar-refractivity contribution is -0.134. The average Bonchev–Trinajstić information content (AvgIpc) is 2.98. The maximum Gasteiger partial charge on any atom is 0.300 e. The van der Waals surface area contributed by atoms with Crippen molar-refractivity contribution in [1.82, 2.24) is 5.32 Å². The van der Waals surface area contributed by atoms with Gasteiger partial charge in [0.1, 0.15) is 18.5 Å². The van der Waals surface area contributed by atoms with Gasteiger partial charge in [0.05, 0.1) is 7.11 Å². The van der Waals surface area contributed by atoms with E-state index in [4.69, 9.17) is 30.5 Å². The molecule has 1 unspecified atom stereocenters. The van der Waals surface area contributed by atoms with E-state index < -0.39 is 12.0 Å². The van der Waals surface area contributed by atoms with E-state index in [0.717, 1.165) is 22.5 Å². The molecule has 0 aliphatic heterocycles. The number of nitrogen functional groups attached to an aromatic ring is 1. The summed E-state index contributed by atoms with van der Waals surface area (Å²) in [6.07, 6.45) is 0. The van der Waals surface area contributed by atoms with Crippen molar-refractivity contribution >= 4 is 39.3 Å². The fraction of sp³-hybridized carbons (Fsp3) is 0.156. The van der Waals surface area contributed by atoms with E-state index in [1.54, 1.807) is 37.4 Å². The second kappa shape index (κ2) is 15.8. The topological polar surface area (TPSA) is 147 Å². The zero-order valence-corrected chi connectivity index (χ0v) is 24.9. The minimum atomic E-state index is -0.833. The van der Waals surface area contributed by atoms with Crippen LogP contribution in [0.1, 0.15) is 35.2 Å². The number of carbonyl (C=O) groups excluding carboxylic acids is 1. The zero-order chi connectivity index (χ0) is 30.5. The van der Waals surface area contributed by atoms with Crippen LogP contribution in [0.15, 0.2) is 102 Å². The number of rotatable bonds is 11. The Kier molecular flexibility index (Phi) is 11.9. The lowest BCUT2D eigenvalue weighted by Crippen LogP contribution is -2.33. The molecule has 4 rings (SSSR count). The molecule has 0 aromatic heterocycles. The van der Waals surface area contributed by atoms with Crippen LogP contribution in [0.2, 0.25) is 0 Å². The smallest absolute Gasteiger partial charge is 0.300 e. The Hall–Kier alpha value is -4.83. The van der Waals surface area contributed by atoms with Crippen molar-refractivity contribution < 1.29 is 24.2 Å². The van der Waals surface area contributed by atoms with E-state index in [0.29, 0.717) is 41.5 Å². The summed E-state index contributed by atoms with van der Waals surface area (Å²) in [6.45, 7) is 1.85. The third-order valence-electron chi connectivity index (χ3n) is 5.88. The predicted octanol–water partition coefficient (Wildman–Crippen LogP) is 5.88. The van der Waals surface area contributed by atoms with Crippen LogP contribution in [-0.4, -0.2) is 29.9 Å². The Balaban J connectivity index is 0.00000114. The van der Waals surface area contributed by atoms with E-state index in [-0.39, 0.29) is 11.7 Å².